The second-order valence-electron chi connectivity index (χ2n) is 4.05. The predicted molar refractivity (Wildman–Crippen MR) is 70.1 cm³/mol. The van der Waals surface area contributed by atoms with E-state index < -0.39 is 0 Å². The van der Waals surface area contributed by atoms with Gasteiger partial charge in [-0.25, -0.2) is 0 Å². The Kier molecular flexibility index (Phi) is 2.82. The molecule has 0 spiro atoms. The zero-order valence-electron chi connectivity index (χ0n) is 9.62. The van der Waals surface area contributed by atoms with Gasteiger partial charge in [0.05, 0.1) is 0 Å². The molecule has 0 radical (unpaired) electrons. The minimum Gasteiger partial charge on any atom is -0.399 e. The summed E-state index contributed by atoms with van der Waals surface area (Å²) in [7, 11) is 0. The van der Waals surface area contributed by atoms with Crippen molar-refractivity contribution in [3.05, 3.63) is 53.6 Å². The maximum atomic E-state index is 5.64. The lowest BCUT2D eigenvalue weighted by molar-refractivity contribution is 1.34. The van der Waals surface area contributed by atoms with Crippen LogP contribution >= 0.6 is 0 Å². The Morgan fingerprint density at radius 2 is 1.44 bits per heavy atom. The molecule has 0 saturated heterocycles. The van der Waals surface area contributed by atoms with Crippen molar-refractivity contribution in [3.8, 4) is 0 Å². The van der Waals surface area contributed by atoms with Gasteiger partial charge in [0.25, 0.3) is 0 Å². The number of nitrogens with two attached hydrogens (primary N) is 1. The van der Waals surface area contributed by atoms with Gasteiger partial charge in [0, 0.05) is 17.1 Å². The molecule has 2 nitrogen and oxygen atoms in total. The Balaban J connectivity index is 2.20. The van der Waals surface area contributed by atoms with Crippen LogP contribution in [0, 0.1) is 13.8 Å². The Bertz CT molecular complexity index is 487. The Labute approximate surface area is 96.1 Å². The maximum absolute atomic E-state index is 5.64. The number of benzene rings is 2. The van der Waals surface area contributed by atoms with Gasteiger partial charge >= 0.3 is 0 Å². The van der Waals surface area contributed by atoms with Gasteiger partial charge < -0.3 is 11.1 Å². The third-order valence-electron chi connectivity index (χ3n) is 2.71. The number of hydrogen-bond donors (Lipinski definition) is 2. The van der Waals surface area contributed by atoms with Crippen molar-refractivity contribution in [2.24, 2.45) is 0 Å². The van der Waals surface area contributed by atoms with Crippen LogP contribution in [0.4, 0.5) is 17.1 Å². The van der Waals surface area contributed by atoms with E-state index in [-0.39, 0.29) is 0 Å². The van der Waals surface area contributed by atoms with Crippen molar-refractivity contribution in [2.45, 2.75) is 13.8 Å². The van der Waals surface area contributed by atoms with Crippen LogP contribution in [0.15, 0.2) is 42.5 Å². The number of rotatable bonds is 2. The molecule has 0 aromatic heterocycles. The molecule has 82 valence electrons. The number of nitrogen functional groups attached to an aromatic ring is 1. The van der Waals surface area contributed by atoms with Crippen LogP contribution in [0.2, 0.25) is 0 Å². The molecule has 2 aromatic rings. The lowest BCUT2D eigenvalue weighted by Crippen LogP contribution is -1.92. The van der Waals surface area contributed by atoms with E-state index in [0.717, 1.165) is 17.1 Å². The van der Waals surface area contributed by atoms with Gasteiger partial charge in [-0.3, -0.25) is 0 Å². The minimum absolute atomic E-state index is 0.783. The molecule has 16 heavy (non-hydrogen) atoms. The fraction of sp³-hybridized carbons (Fsp3) is 0.143. The highest BCUT2D eigenvalue weighted by Gasteiger charge is 1.97. The van der Waals surface area contributed by atoms with Gasteiger partial charge in [-0.05, 0) is 61.4 Å². The Hall–Kier alpha value is -1.96. The normalized spacial score (nSPS) is 10.1. The maximum Gasteiger partial charge on any atom is 0.0387 e. The van der Waals surface area contributed by atoms with Gasteiger partial charge in [0.15, 0.2) is 0 Å². The lowest BCUT2D eigenvalue weighted by atomic mass is 10.1. The van der Waals surface area contributed by atoms with Gasteiger partial charge in [0.1, 0.15) is 0 Å². The molecular weight excluding hydrogens is 196 g/mol. The third-order valence-corrected chi connectivity index (χ3v) is 2.71. The Morgan fingerprint density at radius 3 is 2.06 bits per heavy atom. The van der Waals surface area contributed by atoms with Gasteiger partial charge in [-0.1, -0.05) is 6.07 Å². The largest absolute Gasteiger partial charge is 0.399 e. The molecule has 2 heteroatoms. The van der Waals surface area contributed by atoms with Crippen LogP contribution in [0.5, 0.6) is 0 Å². The quantitative estimate of drug-likeness (QED) is 0.746. The summed E-state index contributed by atoms with van der Waals surface area (Å²) >= 11 is 0. The van der Waals surface area contributed by atoms with E-state index in [1.165, 1.54) is 11.1 Å². The first kappa shape index (κ1) is 10.6. The summed E-state index contributed by atoms with van der Waals surface area (Å²) in [5.74, 6) is 0. The fourth-order valence-electron chi connectivity index (χ4n) is 1.55. The van der Waals surface area contributed by atoms with Crippen LogP contribution < -0.4 is 11.1 Å². The van der Waals surface area contributed by atoms with Crippen molar-refractivity contribution in [2.75, 3.05) is 11.1 Å². The Morgan fingerprint density at radius 1 is 0.812 bits per heavy atom. The first-order chi connectivity index (χ1) is 7.65. The van der Waals surface area contributed by atoms with Crippen LogP contribution in [0.3, 0.4) is 0 Å². The number of hydrogen-bond acceptors (Lipinski definition) is 2. The number of nitrogens with one attached hydrogen (secondary N) is 1. The van der Waals surface area contributed by atoms with E-state index in [9.17, 15) is 0 Å². The van der Waals surface area contributed by atoms with Crippen molar-refractivity contribution in [3.63, 3.8) is 0 Å². The summed E-state index contributed by atoms with van der Waals surface area (Å²) in [6.07, 6.45) is 0. The first-order valence-corrected chi connectivity index (χ1v) is 5.35. The SMILES string of the molecule is Cc1ccc(Nc2ccc(N)cc2)cc1C. The lowest BCUT2D eigenvalue weighted by Gasteiger charge is -2.08. The second kappa shape index (κ2) is 4.27. The monoisotopic (exact) mass is 212 g/mol. The molecule has 0 unspecified atom stereocenters. The summed E-state index contributed by atoms with van der Waals surface area (Å²) in [4.78, 5) is 0. The zero-order valence-corrected chi connectivity index (χ0v) is 9.62. The highest BCUT2D eigenvalue weighted by molar-refractivity contribution is 5.62. The standard InChI is InChI=1S/C14H16N2/c1-10-3-6-14(9-11(10)2)16-13-7-4-12(15)5-8-13/h3-9,16H,15H2,1-2H3. The van der Waals surface area contributed by atoms with Gasteiger partial charge in [-0.2, -0.15) is 0 Å². The van der Waals surface area contributed by atoms with Gasteiger partial charge in [-0.15, -0.1) is 0 Å². The molecule has 0 aliphatic heterocycles. The zero-order chi connectivity index (χ0) is 11.5. The minimum atomic E-state index is 0.783. The van der Waals surface area contributed by atoms with E-state index in [0.29, 0.717) is 0 Å². The molecule has 0 atom stereocenters. The molecule has 0 heterocycles. The summed E-state index contributed by atoms with van der Waals surface area (Å²) in [6.45, 7) is 4.23. The molecule has 0 bridgehead atoms. The molecule has 3 N–H and O–H groups in total. The third kappa shape index (κ3) is 2.34. The molecule has 2 aromatic carbocycles. The average Bonchev–Trinajstić information content (AvgIpc) is 2.27. The van der Waals surface area contributed by atoms with E-state index >= 15 is 0 Å². The van der Waals surface area contributed by atoms with Crippen molar-refractivity contribution in [1.29, 1.82) is 0 Å². The van der Waals surface area contributed by atoms with E-state index in [4.69, 9.17) is 5.73 Å². The van der Waals surface area contributed by atoms with Crippen LogP contribution in [0.1, 0.15) is 11.1 Å². The highest BCUT2D eigenvalue weighted by atomic mass is 14.9. The van der Waals surface area contributed by atoms with Crippen molar-refractivity contribution < 1.29 is 0 Å². The molecule has 2 rings (SSSR count). The number of aryl methyl sites for hydroxylation is 2. The van der Waals surface area contributed by atoms with Crippen LogP contribution in [0.25, 0.3) is 0 Å². The second-order valence-corrected chi connectivity index (χ2v) is 4.05. The summed E-state index contributed by atoms with van der Waals surface area (Å²) in [5, 5.41) is 3.34. The van der Waals surface area contributed by atoms with E-state index in [2.05, 4.69) is 37.4 Å². The van der Waals surface area contributed by atoms with E-state index in [1.54, 1.807) is 0 Å². The van der Waals surface area contributed by atoms with Crippen molar-refractivity contribution >= 4 is 17.1 Å². The molecule has 0 saturated carbocycles. The van der Waals surface area contributed by atoms with Crippen LogP contribution in [-0.2, 0) is 0 Å². The van der Waals surface area contributed by atoms with Crippen molar-refractivity contribution in [1.82, 2.24) is 0 Å². The van der Waals surface area contributed by atoms with Gasteiger partial charge in [0.2, 0.25) is 0 Å². The van der Waals surface area contributed by atoms with E-state index in [1.807, 2.05) is 24.3 Å². The highest BCUT2D eigenvalue weighted by Crippen LogP contribution is 2.20. The smallest absolute Gasteiger partial charge is 0.0387 e. The predicted octanol–water partition coefficient (Wildman–Crippen LogP) is 3.63. The first-order valence-electron chi connectivity index (χ1n) is 5.35. The molecule has 0 aliphatic rings. The summed E-state index contributed by atoms with van der Waals surface area (Å²) < 4.78 is 0. The average molecular weight is 212 g/mol. The summed E-state index contributed by atoms with van der Waals surface area (Å²) in [6, 6.07) is 14.1. The molecule has 0 aliphatic carbocycles. The fourth-order valence-corrected chi connectivity index (χ4v) is 1.55. The topological polar surface area (TPSA) is 38.0 Å². The molecule has 0 fully saturated rings. The number of anilines is 3. The summed E-state index contributed by atoms with van der Waals surface area (Å²) in [5.41, 5.74) is 11.2. The molecule has 0 amide bonds. The van der Waals surface area contributed by atoms with Crippen LogP contribution in [-0.4, -0.2) is 0 Å². The molecular formula is C14H16N2.